The first-order valence-corrected chi connectivity index (χ1v) is 23.2. The first-order valence-electron chi connectivity index (χ1n) is 23.2. The van der Waals surface area contributed by atoms with E-state index in [9.17, 15) is 9.59 Å². The molecule has 0 aliphatic heterocycles. The number of hydrogen-bond donors (Lipinski definition) is 0. The van der Waals surface area contributed by atoms with Crippen LogP contribution in [0.3, 0.4) is 0 Å². The maximum Gasteiger partial charge on any atom is 0.306 e. The third-order valence-corrected chi connectivity index (χ3v) is 10.7. The molecule has 0 spiro atoms. The summed E-state index contributed by atoms with van der Waals surface area (Å²) in [6.45, 7) is 11.3. The van der Waals surface area contributed by atoms with Gasteiger partial charge in [-0.2, -0.15) is 0 Å². The van der Waals surface area contributed by atoms with Crippen LogP contribution in [0, 0.1) is 0 Å². The quantitative estimate of drug-likeness (QED) is 0.0203. The maximum absolute atomic E-state index is 12.8. The van der Waals surface area contributed by atoms with Crippen LogP contribution in [0.2, 0.25) is 0 Å². The minimum Gasteiger partial charge on any atom is -0.466 e. The molecule has 1 atom stereocenters. The molecule has 0 heterocycles. The topological polar surface area (TPSA) is 105 Å². The fourth-order valence-corrected chi connectivity index (χ4v) is 7.24. The van der Waals surface area contributed by atoms with E-state index in [0.29, 0.717) is 19.4 Å². The number of carbonyl (C=O) groups excluding carboxylic acids is 2. The summed E-state index contributed by atoms with van der Waals surface area (Å²) in [5.41, 5.74) is 9.14. The molecule has 0 aromatic heterocycles. The Balaban J connectivity index is 4.25. The zero-order valence-electron chi connectivity index (χ0n) is 35.7. The number of unbranched alkanes of at least 4 members (excludes halogenated alkanes) is 24. The molecule has 8 heteroatoms. The van der Waals surface area contributed by atoms with Gasteiger partial charge in [-0.3, -0.25) is 14.5 Å². The monoisotopic (exact) mass is 749 g/mol. The number of carbonyl (C=O) groups is 2. The molecule has 312 valence electrons. The second-order valence-electron chi connectivity index (χ2n) is 15.7. The predicted molar refractivity (Wildman–Crippen MR) is 225 cm³/mol. The van der Waals surface area contributed by atoms with Crippen LogP contribution in [-0.4, -0.2) is 48.8 Å². The minimum atomic E-state index is -0.0958. The second kappa shape index (κ2) is 41.4. The molecule has 0 rings (SSSR count). The fraction of sp³-hybridized carbons (Fsp3) is 0.956. The van der Waals surface area contributed by atoms with Crippen LogP contribution in [0.5, 0.6) is 0 Å². The average molecular weight is 749 g/mol. The molecule has 0 aromatic carbocycles. The van der Waals surface area contributed by atoms with E-state index in [4.69, 9.17) is 15.0 Å². The van der Waals surface area contributed by atoms with E-state index in [1.54, 1.807) is 0 Å². The lowest BCUT2D eigenvalue weighted by atomic mass is 10.0. The van der Waals surface area contributed by atoms with Crippen LogP contribution < -0.4 is 0 Å². The summed E-state index contributed by atoms with van der Waals surface area (Å²) in [6, 6.07) is 0. The van der Waals surface area contributed by atoms with Crippen LogP contribution in [0.25, 0.3) is 10.4 Å². The molecule has 0 aliphatic rings. The number of nitrogens with zero attached hydrogens (tertiary/aromatic N) is 4. The fourth-order valence-electron chi connectivity index (χ4n) is 7.24. The van der Waals surface area contributed by atoms with E-state index in [-0.39, 0.29) is 24.2 Å². The molecule has 53 heavy (non-hydrogen) atoms. The molecule has 0 saturated heterocycles. The van der Waals surface area contributed by atoms with Gasteiger partial charge in [-0.15, -0.1) is 0 Å². The first-order chi connectivity index (χ1) is 26.0. The van der Waals surface area contributed by atoms with Crippen LogP contribution in [0.15, 0.2) is 5.11 Å². The van der Waals surface area contributed by atoms with Gasteiger partial charge in [-0.05, 0) is 82.8 Å². The van der Waals surface area contributed by atoms with Gasteiger partial charge < -0.3 is 9.47 Å². The molecular weight excluding hydrogens is 661 g/mol. The van der Waals surface area contributed by atoms with E-state index in [0.717, 1.165) is 109 Å². The zero-order chi connectivity index (χ0) is 38.9. The summed E-state index contributed by atoms with van der Waals surface area (Å²) in [5.74, 6) is -0.0504. The van der Waals surface area contributed by atoms with Gasteiger partial charge in [0.1, 0.15) is 6.10 Å². The summed E-state index contributed by atoms with van der Waals surface area (Å²) in [7, 11) is 0. The Bertz CT molecular complexity index is 834. The van der Waals surface area contributed by atoms with Crippen molar-refractivity contribution in [2.45, 2.75) is 258 Å². The average Bonchev–Trinajstić information content (AvgIpc) is 3.15. The van der Waals surface area contributed by atoms with Crippen molar-refractivity contribution in [2.75, 3.05) is 19.7 Å². The van der Waals surface area contributed by atoms with Gasteiger partial charge in [0.2, 0.25) is 0 Å². The van der Waals surface area contributed by atoms with Crippen LogP contribution in [-0.2, 0) is 19.1 Å². The van der Waals surface area contributed by atoms with Crippen molar-refractivity contribution in [3.05, 3.63) is 10.4 Å². The molecule has 0 bridgehead atoms. The molecule has 0 fully saturated rings. The smallest absolute Gasteiger partial charge is 0.306 e. The third kappa shape index (κ3) is 35.7. The summed E-state index contributed by atoms with van der Waals surface area (Å²) >= 11 is 0. The van der Waals surface area contributed by atoms with E-state index < -0.39 is 0 Å². The van der Waals surface area contributed by atoms with E-state index in [1.165, 1.54) is 109 Å². The van der Waals surface area contributed by atoms with Crippen molar-refractivity contribution in [3.8, 4) is 0 Å². The number of azide groups is 1. The molecule has 0 radical (unpaired) electrons. The lowest BCUT2D eigenvalue weighted by Gasteiger charge is -2.28. The normalized spacial score (nSPS) is 12.0. The molecule has 0 amide bonds. The Kier molecular flexibility index (Phi) is 40.0. The van der Waals surface area contributed by atoms with Gasteiger partial charge in [-0.1, -0.05) is 174 Å². The Hall–Kier alpha value is -1.79. The highest BCUT2D eigenvalue weighted by molar-refractivity contribution is 5.69. The lowest BCUT2D eigenvalue weighted by molar-refractivity contribution is -0.150. The van der Waals surface area contributed by atoms with E-state index in [1.807, 2.05) is 0 Å². The highest BCUT2D eigenvalue weighted by Crippen LogP contribution is 2.19. The SMILES string of the molecule is CCCCCCCCCOC(=O)CCCCCCCN(CCCCCCCC(=O)OC(CCCCCCCC)CCCCCCCC)C(CC)N=[N+]=[N-]. The Morgan fingerprint density at radius 2 is 0.925 bits per heavy atom. The zero-order valence-corrected chi connectivity index (χ0v) is 35.7. The van der Waals surface area contributed by atoms with Crippen molar-refractivity contribution in [3.63, 3.8) is 0 Å². The Morgan fingerprint density at radius 3 is 1.38 bits per heavy atom. The van der Waals surface area contributed by atoms with Crippen molar-refractivity contribution in [1.82, 2.24) is 4.90 Å². The van der Waals surface area contributed by atoms with Crippen LogP contribution >= 0.6 is 0 Å². The van der Waals surface area contributed by atoms with Gasteiger partial charge in [0.15, 0.2) is 0 Å². The van der Waals surface area contributed by atoms with Gasteiger partial charge in [0.05, 0.1) is 12.8 Å². The lowest BCUT2D eigenvalue weighted by Crippen LogP contribution is -2.35. The number of hydrogen-bond acceptors (Lipinski definition) is 6. The molecule has 0 N–H and O–H groups in total. The van der Waals surface area contributed by atoms with Crippen molar-refractivity contribution in [1.29, 1.82) is 0 Å². The van der Waals surface area contributed by atoms with E-state index in [2.05, 4.69) is 42.6 Å². The first kappa shape index (κ1) is 51.2. The summed E-state index contributed by atoms with van der Waals surface area (Å²) in [4.78, 5) is 30.3. The second-order valence-corrected chi connectivity index (χ2v) is 15.7. The van der Waals surface area contributed by atoms with Gasteiger partial charge in [0, 0.05) is 17.8 Å². The standard InChI is InChI=1S/C45H88N4O4/c1-5-9-12-15-18-27-34-41-52-44(50)37-30-23-19-25-32-39-49(43(8-4)47-48-46)40-33-26-20-24-31-38-45(51)53-42(35-28-21-16-13-10-6-2)36-29-22-17-14-11-7-3/h42-43H,5-41H2,1-4H3. The maximum atomic E-state index is 12.8. The molecule has 0 aromatic rings. The largest absolute Gasteiger partial charge is 0.466 e. The summed E-state index contributed by atoms with van der Waals surface area (Å²) in [6.07, 6.45) is 38.3. The van der Waals surface area contributed by atoms with Gasteiger partial charge >= 0.3 is 11.9 Å². The Morgan fingerprint density at radius 1 is 0.528 bits per heavy atom. The van der Waals surface area contributed by atoms with E-state index >= 15 is 0 Å². The van der Waals surface area contributed by atoms with Crippen LogP contribution in [0.4, 0.5) is 0 Å². The number of ether oxygens (including phenoxy) is 2. The predicted octanol–water partition coefficient (Wildman–Crippen LogP) is 14.7. The van der Waals surface area contributed by atoms with Crippen molar-refractivity contribution in [2.24, 2.45) is 5.11 Å². The van der Waals surface area contributed by atoms with Gasteiger partial charge in [-0.25, -0.2) is 0 Å². The third-order valence-electron chi connectivity index (χ3n) is 10.7. The molecule has 8 nitrogen and oxygen atoms in total. The number of esters is 2. The highest BCUT2D eigenvalue weighted by atomic mass is 16.5. The minimum absolute atomic E-state index is 0.00275. The van der Waals surface area contributed by atoms with Crippen molar-refractivity contribution >= 4 is 11.9 Å². The number of rotatable bonds is 42. The highest BCUT2D eigenvalue weighted by Gasteiger charge is 2.16. The molecule has 0 saturated carbocycles. The molecule has 0 aliphatic carbocycles. The van der Waals surface area contributed by atoms with Crippen molar-refractivity contribution < 1.29 is 19.1 Å². The summed E-state index contributed by atoms with van der Waals surface area (Å²) in [5, 5.41) is 4.09. The van der Waals surface area contributed by atoms with Gasteiger partial charge in [0.25, 0.3) is 0 Å². The molecular formula is C45H88N4O4. The summed E-state index contributed by atoms with van der Waals surface area (Å²) < 4.78 is 11.5. The molecule has 1 unspecified atom stereocenters. The Labute approximate surface area is 328 Å². The van der Waals surface area contributed by atoms with Crippen LogP contribution in [0.1, 0.15) is 246 Å².